The molecule has 1 aliphatic rings. The molecule has 1 aromatic rings. The molecule has 0 saturated heterocycles. The Bertz CT molecular complexity index is 581. The van der Waals surface area contributed by atoms with E-state index >= 15 is 0 Å². The summed E-state index contributed by atoms with van der Waals surface area (Å²) < 4.78 is 27.9. The van der Waals surface area contributed by atoms with Crippen molar-refractivity contribution in [2.75, 3.05) is 7.05 Å². The Morgan fingerprint density at radius 1 is 1.56 bits per heavy atom. The monoisotopic (exact) mass is 271 g/mol. The van der Waals surface area contributed by atoms with Crippen LogP contribution < -0.4 is 15.2 Å². The van der Waals surface area contributed by atoms with Crippen LogP contribution in [-0.4, -0.2) is 32.5 Å². The maximum absolute atomic E-state index is 11.6. The molecule has 0 bridgehead atoms. The van der Waals surface area contributed by atoms with Gasteiger partial charge in [-0.05, 0) is 12.8 Å². The number of pyridine rings is 1. The lowest BCUT2D eigenvalue weighted by Gasteiger charge is -2.10. The van der Waals surface area contributed by atoms with Gasteiger partial charge in [-0.15, -0.1) is 0 Å². The highest BCUT2D eigenvalue weighted by Crippen LogP contribution is 2.29. The zero-order chi connectivity index (χ0) is 13.3. The van der Waals surface area contributed by atoms with E-state index in [2.05, 4.69) is 10.3 Å². The maximum atomic E-state index is 11.6. The van der Waals surface area contributed by atoms with E-state index in [0.29, 0.717) is 0 Å². The fraction of sp³-hybridized carbons (Fsp3) is 0.400. The number of carbonyl (C=O) groups excluding carboxylic acids is 1. The molecule has 1 saturated carbocycles. The van der Waals surface area contributed by atoms with Crippen molar-refractivity contribution in [1.82, 2.24) is 10.3 Å². The fourth-order valence-electron chi connectivity index (χ4n) is 1.33. The van der Waals surface area contributed by atoms with Gasteiger partial charge in [0.1, 0.15) is 4.90 Å². The molecule has 1 aliphatic carbocycles. The number of nitrogens with one attached hydrogen (secondary N) is 1. The molecule has 1 heterocycles. The zero-order valence-electron chi connectivity index (χ0n) is 9.71. The van der Waals surface area contributed by atoms with Crippen LogP contribution in [0.4, 0.5) is 0 Å². The van der Waals surface area contributed by atoms with Crippen LogP contribution in [0.2, 0.25) is 0 Å². The molecule has 7 nitrogen and oxygen atoms in total. The van der Waals surface area contributed by atoms with Crippen molar-refractivity contribution in [3.05, 3.63) is 18.0 Å². The standard InChI is InChI=1S/C10H13N3O4S/c1-12-10(14)9-8(17-6-2-3-6)4-7(5-13-9)18(11,15)16/h4-6H,2-3H2,1H3,(H,12,14)(H2,11,15,16). The van der Waals surface area contributed by atoms with Crippen molar-refractivity contribution in [3.8, 4) is 5.75 Å². The number of amides is 1. The number of hydrogen-bond donors (Lipinski definition) is 2. The quantitative estimate of drug-likeness (QED) is 0.776. The van der Waals surface area contributed by atoms with Crippen molar-refractivity contribution in [3.63, 3.8) is 0 Å². The Morgan fingerprint density at radius 3 is 2.72 bits per heavy atom. The van der Waals surface area contributed by atoms with Gasteiger partial charge in [-0.3, -0.25) is 4.79 Å². The zero-order valence-corrected chi connectivity index (χ0v) is 10.5. The summed E-state index contributed by atoms with van der Waals surface area (Å²) in [6.45, 7) is 0. The van der Waals surface area contributed by atoms with Crippen molar-refractivity contribution >= 4 is 15.9 Å². The maximum Gasteiger partial charge on any atom is 0.273 e. The molecule has 98 valence electrons. The average Bonchev–Trinajstić information content (AvgIpc) is 3.10. The minimum Gasteiger partial charge on any atom is -0.488 e. The van der Waals surface area contributed by atoms with E-state index in [9.17, 15) is 13.2 Å². The van der Waals surface area contributed by atoms with Crippen LogP contribution >= 0.6 is 0 Å². The van der Waals surface area contributed by atoms with Crippen LogP contribution in [0, 0.1) is 0 Å². The summed E-state index contributed by atoms with van der Waals surface area (Å²) in [7, 11) is -2.41. The molecule has 8 heteroatoms. The van der Waals surface area contributed by atoms with Gasteiger partial charge in [0, 0.05) is 19.3 Å². The van der Waals surface area contributed by atoms with Gasteiger partial charge in [0.05, 0.1) is 6.10 Å². The Labute approximate surface area is 104 Å². The Morgan fingerprint density at radius 2 is 2.22 bits per heavy atom. The van der Waals surface area contributed by atoms with Crippen LogP contribution in [0.3, 0.4) is 0 Å². The van der Waals surface area contributed by atoms with Crippen LogP contribution in [-0.2, 0) is 10.0 Å². The molecule has 18 heavy (non-hydrogen) atoms. The number of hydrogen-bond acceptors (Lipinski definition) is 5. The number of aromatic nitrogens is 1. The number of ether oxygens (including phenoxy) is 1. The highest BCUT2D eigenvalue weighted by Gasteiger charge is 2.27. The van der Waals surface area contributed by atoms with Gasteiger partial charge in [0.15, 0.2) is 11.4 Å². The molecule has 0 radical (unpaired) electrons. The largest absolute Gasteiger partial charge is 0.488 e. The minimum absolute atomic E-state index is 0.0194. The second kappa shape index (κ2) is 4.54. The van der Waals surface area contributed by atoms with Crippen LogP contribution in [0.5, 0.6) is 5.75 Å². The van der Waals surface area contributed by atoms with E-state index in [1.165, 1.54) is 13.1 Å². The van der Waals surface area contributed by atoms with Crippen molar-refractivity contribution < 1.29 is 17.9 Å². The van der Waals surface area contributed by atoms with Gasteiger partial charge in [0.25, 0.3) is 5.91 Å². The molecule has 0 spiro atoms. The number of primary sulfonamides is 1. The molecular formula is C10H13N3O4S. The van der Waals surface area contributed by atoms with Gasteiger partial charge >= 0.3 is 0 Å². The van der Waals surface area contributed by atoms with Crippen molar-refractivity contribution in [1.29, 1.82) is 0 Å². The van der Waals surface area contributed by atoms with E-state index in [1.54, 1.807) is 0 Å². The second-order valence-electron chi connectivity index (χ2n) is 3.96. The molecule has 0 aliphatic heterocycles. The van der Waals surface area contributed by atoms with Crippen LogP contribution in [0.25, 0.3) is 0 Å². The van der Waals surface area contributed by atoms with E-state index in [4.69, 9.17) is 9.88 Å². The van der Waals surface area contributed by atoms with Crippen molar-refractivity contribution in [2.24, 2.45) is 5.14 Å². The number of nitrogens with two attached hydrogens (primary N) is 1. The van der Waals surface area contributed by atoms with Gasteiger partial charge in [-0.2, -0.15) is 0 Å². The normalized spacial score (nSPS) is 15.2. The minimum atomic E-state index is -3.86. The third-order valence-corrected chi connectivity index (χ3v) is 3.30. The summed E-state index contributed by atoms with van der Waals surface area (Å²) in [5, 5.41) is 7.42. The van der Waals surface area contributed by atoms with Gasteiger partial charge in [0.2, 0.25) is 10.0 Å². The SMILES string of the molecule is CNC(=O)c1ncc(S(N)(=O)=O)cc1OC1CC1. The summed E-state index contributed by atoms with van der Waals surface area (Å²) in [5.41, 5.74) is 0.0526. The molecule has 1 fully saturated rings. The lowest BCUT2D eigenvalue weighted by molar-refractivity contribution is 0.0953. The molecule has 0 unspecified atom stereocenters. The summed E-state index contributed by atoms with van der Waals surface area (Å²) >= 11 is 0. The lowest BCUT2D eigenvalue weighted by Crippen LogP contribution is -2.22. The second-order valence-corrected chi connectivity index (χ2v) is 5.52. The molecule has 3 N–H and O–H groups in total. The summed E-state index contributed by atoms with van der Waals surface area (Å²) in [4.78, 5) is 15.2. The lowest BCUT2D eigenvalue weighted by atomic mass is 10.3. The first-order valence-electron chi connectivity index (χ1n) is 5.33. The highest BCUT2D eigenvalue weighted by molar-refractivity contribution is 7.89. The molecule has 1 aromatic heterocycles. The van der Waals surface area contributed by atoms with E-state index in [1.807, 2.05) is 0 Å². The molecule has 0 atom stereocenters. The van der Waals surface area contributed by atoms with Gasteiger partial charge in [-0.1, -0.05) is 0 Å². The smallest absolute Gasteiger partial charge is 0.273 e. The third kappa shape index (κ3) is 2.77. The van der Waals surface area contributed by atoms with Crippen LogP contribution in [0.15, 0.2) is 17.2 Å². The van der Waals surface area contributed by atoms with Crippen LogP contribution in [0.1, 0.15) is 23.3 Å². The Kier molecular flexibility index (Phi) is 3.22. The predicted octanol–water partition coefficient (Wildman–Crippen LogP) is -0.370. The highest BCUT2D eigenvalue weighted by atomic mass is 32.2. The fourth-order valence-corrected chi connectivity index (χ4v) is 1.80. The molecule has 1 amide bonds. The van der Waals surface area contributed by atoms with E-state index < -0.39 is 15.9 Å². The third-order valence-electron chi connectivity index (χ3n) is 2.42. The van der Waals surface area contributed by atoms with Crippen molar-refractivity contribution in [2.45, 2.75) is 23.8 Å². The Hall–Kier alpha value is -1.67. The number of nitrogens with zero attached hydrogens (tertiary/aromatic N) is 1. The number of carbonyl (C=O) groups is 1. The first-order chi connectivity index (χ1) is 8.41. The topological polar surface area (TPSA) is 111 Å². The number of sulfonamides is 1. The molecule has 2 rings (SSSR count). The first kappa shape index (κ1) is 12.8. The molecule has 0 aromatic carbocycles. The predicted molar refractivity (Wildman–Crippen MR) is 62.7 cm³/mol. The van der Waals surface area contributed by atoms with E-state index in [0.717, 1.165) is 19.0 Å². The summed E-state index contributed by atoms with van der Waals surface area (Å²) in [6, 6.07) is 1.23. The van der Waals surface area contributed by atoms with E-state index in [-0.39, 0.29) is 22.4 Å². The first-order valence-corrected chi connectivity index (χ1v) is 6.88. The summed E-state index contributed by atoms with van der Waals surface area (Å²) in [5.74, 6) is -0.296. The Balaban J connectivity index is 2.43. The summed E-state index contributed by atoms with van der Waals surface area (Å²) in [6.07, 6.45) is 2.82. The van der Waals surface area contributed by atoms with Gasteiger partial charge in [-0.25, -0.2) is 18.5 Å². The average molecular weight is 271 g/mol. The van der Waals surface area contributed by atoms with Gasteiger partial charge < -0.3 is 10.1 Å². The number of rotatable bonds is 4. The molecular weight excluding hydrogens is 258 g/mol.